The van der Waals surface area contributed by atoms with E-state index in [1.54, 1.807) is 6.07 Å². The summed E-state index contributed by atoms with van der Waals surface area (Å²) in [5.74, 6) is 0.327. The van der Waals surface area contributed by atoms with E-state index in [4.69, 9.17) is 11.6 Å². The molecule has 3 rings (SSSR count). The van der Waals surface area contributed by atoms with Crippen molar-refractivity contribution in [2.45, 2.75) is 51.5 Å². The molecular formula is C21H28ClN3O3. The van der Waals surface area contributed by atoms with Gasteiger partial charge in [0.15, 0.2) is 0 Å². The highest BCUT2D eigenvalue weighted by atomic mass is 35.5. The van der Waals surface area contributed by atoms with E-state index in [0.29, 0.717) is 49.7 Å². The Hall–Kier alpha value is -2.08. The first kappa shape index (κ1) is 20.6. The van der Waals surface area contributed by atoms with Gasteiger partial charge in [-0.3, -0.25) is 14.9 Å². The van der Waals surface area contributed by atoms with Crippen LogP contribution in [0.4, 0.5) is 4.79 Å². The molecule has 0 bridgehead atoms. The van der Waals surface area contributed by atoms with E-state index in [2.05, 4.69) is 24.5 Å². The summed E-state index contributed by atoms with van der Waals surface area (Å²) < 4.78 is 0. The molecular weight excluding hydrogens is 378 g/mol. The number of piperidine rings is 1. The van der Waals surface area contributed by atoms with Crippen LogP contribution >= 0.6 is 11.6 Å². The van der Waals surface area contributed by atoms with E-state index in [1.807, 2.05) is 23.1 Å². The molecule has 4 amide bonds. The molecule has 2 aliphatic rings. The Morgan fingerprint density at radius 3 is 2.57 bits per heavy atom. The van der Waals surface area contributed by atoms with Crippen LogP contribution in [0, 0.1) is 11.8 Å². The summed E-state index contributed by atoms with van der Waals surface area (Å²) in [5.41, 5.74) is 0.0548. The molecule has 6 nitrogen and oxygen atoms in total. The lowest BCUT2D eigenvalue weighted by molar-refractivity contribution is -0.133. The molecule has 0 unspecified atom stereocenters. The molecule has 0 saturated carbocycles. The molecule has 1 atom stereocenters. The topological polar surface area (TPSA) is 78.5 Å². The molecule has 0 aliphatic carbocycles. The van der Waals surface area contributed by atoms with E-state index in [0.717, 1.165) is 12.0 Å². The number of carbonyl (C=O) groups is 3. The molecule has 152 valence electrons. The highest BCUT2D eigenvalue weighted by Crippen LogP contribution is 2.35. The number of imide groups is 1. The molecule has 2 saturated heterocycles. The predicted molar refractivity (Wildman–Crippen MR) is 108 cm³/mol. The number of rotatable bonds is 6. The number of carbonyl (C=O) groups excluding carboxylic acids is 3. The summed E-state index contributed by atoms with van der Waals surface area (Å²) in [4.78, 5) is 39.0. The van der Waals surface area contributed by atoms with Gasteiger partial charge in [0.2, 0.25) is 5.91 Å². The first-order valence-corrected chi connectivity index (χ1v) is 10.3. The fourth-order valence-electron chi connectivity index (χ4n) is 4.24. The van der Waals surface area contributed by atoms with Crippen LogP contribution in [0.25, 0.3) is 0 Å². The van der Waals surface area contributed by atoms with E-state index >= 15 is 0 Å². The Morgan fingerprint density at radius 2 is 2.00 bits per heavy atom. The average Bonchev–Trinajstić information content (AvgIpc) is 2.94. The van der Waals surface area contributed by atoms with E-state index in [-0.39, 0.29) is 17.7 Å². The van der Waals surface area contributed by atoms with Crippen molar-refractivity contribution in [1.29, 1.82) is 0 Å². The van der Waals surface area contributed by atoms with Crippen LogP contribution in [0.1, 0.15) is 45.1 Å². The van der Waals surface area contributed by atoms with Gasteiger partial charge in [-0.25, -0.2) is 4.79 Å². The van der Waals surface area contributed by atoms with Gasteiger partial charge in [-0.1, -0.05) is 37.6 Å². The van der Waals surface area contributed by atoms with Crippen LogP contribution in [0.15, 0.2) is 24.3 Å². The Balaban J connectivity index is 1.63. The van der Waals surface area contributed by atoms with Gasteiger partial charge < -0.3 is 10.2 Å². The zero-order chi connectivity index (χ0) is 20.3. The number of amides is 4. The maximum absolute atomic E-state index is 12.7. The van der Waals surface area contributed by atoms with Gasteiger partial charge in [0, 0.05) is 18.1 Å². The third-order valence-electron chi connectivity index (χ3n) is 5.87. The normalized spacial score (nSPS) is 23.1. The third kappa shape index (κ3) is 4.49. The predicted octanol–water partition coefficient (Wildman–Crippen LogP) is 3.14. The van der Waals surface area contributed by atoms with Crippen molar-refractivity contribution in [2.24, 2.45) is 11.8 Å². The van der Waals surface area contributed by atoms with Crippen LogP contribution in [-0.4, -0.2) is 41.4 Å². The Bertz CT molecular complexity index is 759. The number of halogens is 1. The summed E-state index contributed by atoms with van der Waals surface area (Å²) in [7, 11) is 0. The molecule has 0 radical (unpaired) electrons. The molecule has 2 heterocycles. The number of urea groups is 1. The minimum atomic E-state index is -0.844. The second-order valence-corrected chi connectivity index (χ2v) is 8.71. The van der Waals surface area contributed by atoms with Crippen LogP contribution in [-0.2, 0) is 16.0 Å². The minimum Gasteiger partial charge on any atom is -0.342 e. The number of nitrogens with zero attached hydrogens (tertiary/aromatic N) is 1. The molecule has 2 N–H and O–H groups in total. The molecule has 7 heteroatoms. The second kappa shape index (κ2) is 8.52. The van der Waals surface area contributed by atoms with Crippen molar-refractivity contribution >= 4 is 29.4 Å². The van der Waals surface area contributed by atoms with Crippen molar-refractivity contribution < 1.29 is 14.4 Å². The summed E-state index contributed by atoms with van der Waals surface area (Å²) >= 11 is 6.00. The lowest BCUT2D eigenvalue weighted by atomic mass is 9.74. The van der Waals surface area contributed by atoms with Crippen LogP contribution < -0.4 is 10.6 Å². The lowest BCUT2D eigenvalue weighted by Gasteiger charge is -2.41. The fourth-order valence-corrected chi connectivity index (χ4v) is 4.46. The molecule has 2 fully saturated rings. The number of nitrogens with one attached hydrogen (secondary N) is 2. The third-order valence-corrected chi connectivity index (χ3v) is 6.11. The zero-order valence-electron chi connectivity index (χ0n) is 16.5. The Morgan fingerprint density at radius 1 is 1.29 bits per heavy atom. The monoisotopic (exact) mass is 405 g/mol. The largest absolute Gasteiger partial charge is 0.342 e. The number of likely N-dealkylation sites (tertiary alicyclic amines) is 1. The van der Waals surface area contributed by atoms with Gasteiger partial charge in [0.25, 0.3) is 5.91 Å². The summed E-state index contributed by atoms with van der Waals surface area (Å²) in [5, 5.41) is 5.96. The lowest BCUT2D eigenvalue weighted by Crippen LogP contribution is -2.56. The van der Waals surface area contributed by atoms with Gasteiger partial charge in [0.05, 0.1) is 6.42 Å². The highest BCUT2D eigenvalue weighted by molar-refractivity contribution is 6.30. The van der Waals surface area contributed by atoms with Crippen LogP contribution in [0.5, 0.6) is 0 Å². The van der Waals surface area contributed by atoms with Crippen molar-refractivity contribution in [2.75, 3.05) is 13.1 Å². The van der Waals surface area contributed by atoms with Crippen LogP contribution in [0.3, 0.4) is 0 Å². The highest BCUT2D eigenvalue weighted by Gasteiger charge is 2.51. The van der Waals surface area contributed by atoms with E-state index < -0.39 is 11.6 Å². The Kier molecular flexibility index (Phi) is 6.28. The van der Waals surface area contributed by atoms with E-state index in [1.165, 1.54) is 0 Å². The smallest absolute Gasteiger partial charge is 0.322 e. The van der Waals surface area contributed by atoms with Gasteiger partial charge in [0.1, 0.15) is 5.54 Å². The molecule has 2 aliphatic heterocycles. The molecule has 1 aromatic carbocycles. The second-order valence-electron chi connectivity index (χ2n) is 8.27. The first-order valence-electron chi connectivity index (χ1n) is 9.96. The summed E-state index contributed by atoms with van der Waals surface area (Å²) in [6, 6.07) is 6.94. The van der Waals surface area contributed by atoms with E-state index in [9.17, 15) is 14.4 Å². The van der Waals surface area contributed by atoms with Crippen molar-refractivity contribution in [3.05, 3.63) is 34.9 Å². The molecule has 0 aromatic heterocycles. The van der Waals surface area contributed by atoms with Crippen molar-refractivity contribution in [3.8, 4) is 0 Å². The quantitative estimate of drug-likeness (QED) is 0.713. The fraction of sp³-hybridized carbons (Fsp3) is 0.571. The van der Waals surface area contributed by atoms with Crippen molar-refractivity contribution in [3.63, 3.8) is 0 Å². The van der Waals surface area contributed by atoms with Crippen LogP contribution in [0.2, 0.25) is 5.02 Å². The maximum atomic E-state index is 12.7. The average molecular weight is 406 g/mol. The standard InChI is InChI=1S/C21H28ClN3O3/c1-14(2)6-9-21(19(27)23-20(28)24-21)16-7-10-25(11-8-16)18(26)13-15-4-3-5-17(22)12-15/h3-5,12,14,16H,6-11,13H2,1-2H3,(H2,23,24,27,28)/t21-/m0/s1. The SMILES string of the molecule is CC(C)CC[C@@]1(C2CCN(C(=O)Cc3cccc(Cl)c3)CC2)NC(=O)NC1=O. The zero-order valence-corrected chi connectivity index (χ0v) is 17.2. The molecule has 0 spiro atoms. The minimum absolute atomic E-state index is 0.0351. The Labute approximate surface area is 171 Å². The molecule has 1 aromatic rings. The van der Waals surface area contributed by atoms with Gasteiger partial charge in [-0.05, 0) is 55.2 Å². The van der Waals surface area contributed by atoms with Crippen molar-refractivity contribution in [1.82, 2.24) is 15.5 Å². The summed E-state index contributed by atoms with van der Waals surface area (Å²) in [6.45, 7) is 5.41. The van der Waals surface area contributed by atoms with Gasteiger partial charge >= 0.3 is 6.03 Å². The van der Waals surface area contributed by atoms with Gasteiger partial charge in [-0.2, -0.15) is 0 Å². The number of hydrogen-bond acceptors (Lipinski definition) is 3. The first-order chi connectivity index (χ1) is 13.3. The summed E-state index contributed by atoms with van der Waals surface area (Å²) in [6.07, 6.45) is 3.21. The number of benzene rings is 1. The van der Waals surface area contributed by atoms with Gasteiger partial charge in [-0.15, -0.1) is 0 Å². The maximum Gasteiger partial charge on any atom is 0.322 e. The molecule has 28 heavy (non-hydrogen) atoms. The number of hydrogen-bond donors (Lipinski definition) is 2.